The number of likely N-dealkylation sites (N-methyl/N-ethyl adjacent to an activating group) is 1. The van der Waals surface area contributed by atoms with Gasteiger partial charge in [-0.2, -0.15) is 0 Å². The lowest BCUT2D eigenvalue weighted by atomic mass is 10.0. The van der Waals surface area contributed by atoms with Gasteiger partial charge >= 0.3 is 0 Å². The summed E-state index contributed by atoms with van der Waals surface area (Å²) in [6.07, 6.45) is 1.54. The third kappa shape index (κ3) is 7.03. The van der Waals surface area contributed by atoms with Gasteiger partial charge in [-0.1, -0.05) is 12.1 Å². The average Bonchev–Trinajstić information content (AvgIpc) is 3.17. The maximum Gasteiger partial charge on any atom is 0.191 e. The summed E-state index contributed by atoms with van der Waals surface area (Å²) in [6, 6.07) is 10.0. The van der Waals surface area contributed by atoms with Crippen LogP contribution >= 0.6 is 0 Å². The standard InChI is InChI=1S/C20H29FN4O2/c1-4-22-19(24-15-20(2,26)18-6-5-13-27-18)23-11-12-25(3)14-16-7-9-17(21)10-8-16/h5-10,13,26H,4,11-12,14-15H2,1-3H3,(H2,22,23,24). The van der Waals surface area contributed by atoms with Gasteiger partial charge < -0.3 is 25.1 Å². The summed E-state index contributed by atoms with van der Waals surface area (Å²) in [6.45, 7) is 6.78. The van der Waals surface area contributed by atoms with Gasteiger partial charge in [0.25, 0.3) is 0 Å². The quantitative estimate of drug-likeness (QED) is 0.463. The molecule has 0 aliphatic rings. The SMILES string of the molecule is CCNC(=NCC(C)(O)c1ccco1)NCCN(C)Cc1ccc(F)cc1. The molecule has 0 bridgehead atoms. The lowest BCUT2D eigenvalue weighted by Crippen LogP contribution is -2.41. The highest BCUT2D eigenvalue weighted by Crippen LogP contribution is 2.20. The molecule has 0 aliphatic heterocycles. The van der Waals surface area contributed by atoms with Crippen molar-refractivity contribution in [3.05, 3.63) is 59.8 Å². The molecule has 0 amide bonds. The minimum atomic E-state index is -1.16. The van der Waals surface area contributed by atoms with Crippen LogP contribution < -0.4 is 10.6 Å². The third-order valence-electron chi connectivity index (χ3n) is 4.09. The highest BCUT2D eigenvalue weighted by Gasteiger charge is 2.26. The van der Waals surface area contributed by atoms with E-state index >= 15 is 0 Å². The van der Waals surface area contributed by atoms with Crippen LogP contribution in [0.5, 0.6) is 0 Å². The van der Waals surface area contributed by atoms with Crippen LogP contribution in [0.25, 0.3) is 0 Å². The first-order valence-electron chi connectivity index (χ1n) is 9.12. The highest BCUT2D eigenvalue weighted by atomic mass is 19.1. The maximum absolute atomic E-state index is 13.0. The molecule has 2 aromatic rings. The molecule has 1 heterocycles. The summed E-state index contributed by atoms with van der Waals surface area (Å²) in [4.78, 5) is 6.60. The number of aliphatic hydroxyl groups is 1. The van der Waals surface area contributed by atoms with Gasteiger partial charge in [-0.15, -0.1) is 0 Å². The van der Waals surface area contributed by atoms with Crippen LogP contribution in [0.4, 0.5) is 4.39 Å². The Hall–Kier alpha value is -2.38. The van der Waals surface area contributed by atoms with Crippen LogP contribution in [0.3, 0.4) is 0 Å². The van der Waals surface area contributed by atoms with E-state index in [-0.39, 0.29) is 12.4 Å². The van der Waals surface area contributed by atoms with Crippen LogP contribution in [0.15, 0.2) is 52.1 Å². The number of halogens is 1. The molecular weight excluding hydrogens is 347 g/mol. The second-order valence-corrected chi connectivity index (χ2v) is 6.74. The number of aliphatic imine (C=N–C) groups is 1. The summed E-state index contributed by atoms with van der Waals surface area (Å²) in [5.74, 6) is 0.903. The average molecular weight is 376 g/mol. The van der Waals surface area contributed by atoms with E-state index in [4.69, 9.17) is 4.42 Å². The molecule has 0 radical (unpaired) electrons. The molecule has 3 N–H and O–H groups in total. The Kier molecular flexibility index (Phi) is 7.82. The Labute approximate surface area is 160 Å². The molecule has 1 atom stereocenters. The van der Waals surface area contributed by atoms with E-state index in [0.717, 1.165) is 25.2 Å². The van der Waals surface area contributed by atoms with E-state index in [2.05, 4.69) is 20.5 Å². The molecular formula is C20H29FN4O2. The van der Waals surface area contributed by atoms with Crippen molar-refractivity contribution in [1.29, 1.82) is 0 Å². The number of rotatable bonds is 9. The number of benzene rings is 1. The normalized spacial score (nSPS) is 14.2. The Bertz CT molecular complexity index is 699. The van der Waals surface area contributed by atoms with Crippen molar-refractivity contribution in [1.82, 2.24) is 15.5 Å². The third-order valence-corrected chi connectivity index (χ3v) is 4.09. The molecule has 0 spiro atoms. The number of nitrogens with one attached hydrogen (secondary N) is 2. The van der Waals surface area contributed by atoms with E-state index in [9.17, 15) is 9.50 Å². The van der Waals surface area contributed by atoms with Gasteiger partial charge in [-0.25, -0.2) is 9.38 Å². The minimum absolute atomic E-state index is 0.182. The summed E-state index contributed by atoms with van der Waals surface area (Å²) >= 11 is 0. The number of hydrogen-bond donors (Lipinski definition) is 3. The lowest BCUT2D eigenvalue weighted by Gasteiger charge is -2.21. The molecule has 0 saturated carbocycles. The maximum atomic E-state index is 13.0. The first-order valence-corrected chi connectivity index (χ1v) is 9.12. The fraction of sp³-hybridized carbons (Fsp3) is 0.450. The van der Waals surface area contributed by atoms with E-state index in [1.54, 1.807) is 31.2 Å². The fourth-order valence-electron chi connectivity index (χ4n) is 2.58. The zero-order valence-electron chi connectivity index (χ0n) is 16.2. The molecule has 0 saturated heterocycles. The number of guanidine groups is 1. The molecule has 148 valence electrons. The van der Waals surface area contributed by atoms with Crippen LogP contribution in [0.1, 0.15) is 25.2 Å². The van der Waals surface area contributed by atoms with Crippen molar-refractivity contribution in [2.45, 2.75) is 26.0 Å². The molecule has 6 nitrogen and oxygen atoms in total. The Balaban J connectivity index is 1.82. The second kappa shape index (κ2) is 10.1. The zero-order chi connectivity index (χ0) is 19.7. The largest absolute Gasteiger partial charge is 0.466 e. The van der Waals surface area contributed by atoms with Gasteiger partial charge in [0, 0.05) is 26.2 Å². The summed E-state index contributed by atoms with van der Waals surface area (Å²) in [7, 11) is 2.01. The molecule has 2 rings (SSSR count). The van der Waals surface area contributed by atoms with E-state index in [1.807, 2.05) is 14.0 Å². The van der Waals surface area contributed by atoms with Crippen molar-refractivity contribution < 1.29 is 13.9 Å². The summed E-state index contributed by atoms with van der Waals surface area (Å²) in [5, 5.41) is 16.9. The van der Waals surface area contributed by atoms with E-state index in [0.29, 0.717) is 18.3 Å². The Morgan fingerprint density at radius 2 is 2.00 bits per heavy atom. The number of hydrogen-bond acceptors (Lipinski definition) is 4. The van der Waals surface area contributed by atoms with Crippen molar-refractivity contribution in [2.24, 2.45) is 4.99 Å². The topological polar surface area (TPSA) is 73.0 Å². The van der Waals surface area contributed by atoms with Crippen LogP contribution in [-0.2, 0) is 12.1 Å². The van der Waals surface area contributed by atoms with Gasteiger partial charge in [0.15, 0.2) is 5.96 Å². The van der Waals surface area contributed by atoms with Crippen LogP contribution in [0.2, 0.25) is 0 Å². The molecule has 27 heavy (non-hydrogen) atoms. The molecule has 1 aromatic heterocycles. The molecule has 0 fully saturated rings. The first-order chi connectivity index (χ1) is 12.9. The minimum Gasteiger partial charge on any atom is -0.466 e. The number of furan rings is 1. The van der Waals surface area contributed by atoms with Gasteiger partial charge in [-0.3, -0.25) is 0 Å². The van der Waals surface area contributed by atoms with Crippen molar-refractivity contribution >= 4 is 5.96 Å². The van der Waals surface area contributed by atoms with Crippen molar-refractivity contribution in [3.63, 3.8) is 0 Å². The fourth-order valence-corrected chi connectivity index (χ4v) is 2.58. The molecule has 0 aliphatic carbocycles. The van der Waals surface area contributed by atoms with Crippen LogP contribution in [-0.4, -0.2) is 49.2 Å². The van der Waals surface area contributed by atoms with E-state index in [1.165, 1.54) is 18.4 Å². The Morgan fingerprint density at radius 3 is 2.63 bits per heavy atom. The molecule has 7 heteroatoms. The highest BCUT2D eigenvalue weighted by molar-refractivity contribution is 5.79. The van der Waals surface area contributed by atoms with Gasteiger partial charge in [0.05, 0.1) is 12.8 Å². The van der Waals surface area contributed by atoms with Gasteiger partial charge in [-0.05, 0) is 50.7 Å². The van der Waals surface area contributed by atoms with Gasteiger partial charge in [0.1, 0.15) is 17.2 Å². The van der Waals surface area contributed by atoms with Crippen molar-refractivity contribution in [2.75, 3.05) is 33.2 Å². The number of nitrogens with zero attached hydrogens (tertiary/aromatic N) is 2. The Morgan fingerprint density at radius 1 is 1.26 bits per heavy atom. The van der Waals surface area contributed by atoms with Crippen molar-refractivity contribution in [3.8, 4) is 0 Å². The zero-order valence-corrected chi connectivity index (χ0v) is 16.2. The van der Waals surface area contributed by atoms with Crippen LogP contribution in [0, 0.1) is 5.82 Å². The smallest absolute Gasteiger partial charge is 0.191 e. The second-order valence-electron chi connectivity index (χ2n) is 6.74. The molecule has 1 aromatic carbocycles. The van der Waals surface area contributed by atoms with Gasteiger partial charge in [0.2, 0.25) is 0 Å². The molecule has 1 unspecified atom stereocenters. The summed E-state index contributed by atoms with van der Waals surface area (Å²) < 4.78 is 18.2. The lowest BCUT2D eigenvalue weighted by molar-refractivity contribution is 0.0437. The predicted octanol–water partition coefficient (Wildman–Crippen LogP) is 2.31. The summed E-state index contributed by atoms with van der Waals surface area (Å²) in [5.41, 5.74) is -0.0976. The monoisotopic (exact) mass is 376 g/mol. The predicted molar refractivity (Wildman–Crippen MR) is 105 cm³/mol. The van der Waals surface area contributed by atoms with E-state index < -0.39 is 5.60 Å². The first kappa shape index (κ1) is 20.9.